The molecule has 2 aliphatic rings. The van der Waals surface area contributed by atoms with Gasteiger partial charge >= 0.3 is 0 Å². The third kappa shape index (κ3) is 4.29. The van der Waals surface area contributed by atoms with Crippen LogP contribution in [0.25, 0.3) is 0 Å². The van der Waals surface area contributed by atoms with Crippen molar-refractivity contribution in [3.63, 3.8) is 0 Å². The quantitative estimate of drug-likeness (QED) is 0.397. The van der Waals surface area contributed by atoms with Crippen LogP contribution in [0.2, 0.25) is 0 Å². The van der Waals surface area contributed by atoms with Crippen LogP contribution in [0.4, 0.5) is 0 Å². The highest BCUT2D eigenvalue weighted by molar-refractivity contribution is 6.22. The molecule has 34 heavy (non-hydrogen) atoms. The Hall–Kier alpha value is -4.34. The number of amides is 6. The molecule has 0 aliphatic carbocycles. The Balaban J connectivity index is 1.17. The lowest BCUT2D eigenvalue weighted by molar-refractivity contribution is 0.0691. The van der Waals surface area contributed by atoms with Crippen LogP contribution in [0.5, 0.6) is 0 Å². The molecule has 2 aliphatic heterocycles. The van der Waals surface area contributed by atoms with E-state index in [4.69, 9.17) is 0 Å². The summed E-state index contributed by atoms with van der Waals surface area (Å²) in [5.41, 5.74) is 1.59. The van der Waals surface area contributed by atoms with Crippen molar-refractivity contribution in [2.24, 2.45) is 0 Å². The highest BCUT2D eigenvalue weighted by Crippen LogP contribution is 2.22. The molecule has 0 atom stereocenters. The summed E-state index contributed by atoms with van der Waals surface area (Å²) in [6, 6.07) is 8.81. The van der Waals surface area contributed by atoms with Crippen LogP contribution in [0.1, 0.15) is 81.4 Å². The van der Waals surface area contributed by atoms with E-state index in [0.717, 1.165) is 11.3 Å². The molecule has 0 radical (unpaired) electrons. The fraction of sp³-hybridized carbons (Fsp3) is 0.250. The average molecular weight is 462 g/mol. The van der Waals surface area contributed by atoms with Crippen LogP contribution in [0, 0.1) is 0 Å². The number of carbonyl (C=O) groups excluding carboxylic acids is 6. The maximum Gasteiger partial charge on any atom is 0.261 e. The topological polar surface area (TPSA) is 142 Å². The molecule has 10 nitrogen and oxygen atoms in total. The van der Waals surface area contributed by atoms with Crippen molar-refractivity contribution in [3.05, 3.63) is 69.8 Å². The molecule has 10 heteroatoms. The molecule has 0 aromatic heterocycles. The number of imide groups is 2. The molecule has 6 amide bonds. The zero-order chi connectivity index (χ0) is 24.4. The number of fused-ring (bicyclic) bond motifs is 2. The molecular weight excluding hydrogens is 440 g/mol. The second kappa shape index (κ2) is 9.26. The molecule has 2 aromatic rings. The Kier molecular flexibility index (Phi) is 6.22. The van der Waals surface area contributed by atoms with Crippen LogP contribution >= 0.6 is 0 Å². The van der Waals surface area contributed by atoms with Gasteiger partial charge in [-0.05, 0) is 55.7 Å². The minimum absolute atomic E-state index is 0.194. The lowest BCUT2D eigenvalue weighted by Gasteiger charge is -2.08. The van der Waals surface area contributed by atoms with Gasteiger partial charge in [0.1, 0.15) is 0 Å². The van der Waals surface area contributed by atoms with Gasteiger partial charge in [0.15, 0.2) is 0 Å². The number of rotatable bonds is 8. The van der Waals surface area contributed by atoms with Crippen molar-refractivity contribution >= 4 is 35.4 Å². The lowest BCUT2D eigenvalue weighted by Crippen LogP contribution is -2.26. The van der Waals surface area contributed by atoms with E-state index in [-0.39, 0.29) is 34.4 Å². The van der Waals surface area contributed by atoms with Crippen molar-refractivity contribution in [2.45, 2.75) is 19.3 Å². The lowest BCUT2D eigenvalue weighted by atomic mass is 10.1. The minimum atomic E-state index is -0.510. The van der Waals surface area contributed by atoms with Gasteiger partial charge in [0.2, 0.25) is 0 Å². The Bertz CT molecular complexity index is 1250. The largest absolute Gasteiger partial charge is 0.352 e. The Morgan fingerprint density at radius 1 is 0.706 bits per heavy atom. The van der Waals surface area contributed by atoms with E-state index in [1.165, 1.54) is 43.4 Å². The smallest absolute Gasteiger partial charge is 0.261 e. The van der Waals surface area contributed by atoms with Gasteiger partial charge in [0.25, 0.3) is 35.4 Å². The van der Waals surface area contributed by atoms with Crippen molar-refractivity contribution < 1.29 is 28.8 Å². The van der Waals surface area contributed by atoms with Crippen molar-refractivity contribution in [1.29, 1.82) is 0 Å². The zero-order valence-corrected chi connectivity index (χ0v) is 18.4. The number of nitrogens with zero attached hydrogens (tertiary/aromatic N) is 1. The Morgan fingerprint density at radius 2 is 1.21 bits per heavy atom. The maximum atomic E-state index is 12.3. The van der Waals surface area contributed by atoms with Gasteiger partial charge < -0.3 is 10.6 Å². The first kappa shape index (κ1) is 22.8. The fourth-order valence-corrected chi connectivity index (χ4v) is 3.85. The molecule has 3 N–H and O–H groups in total. The normalized spacial score (nSPS) is 14.1. The number of unbranched alkanes of at least 4 members (excludes halogenated alkanes) is 2. The van der Waals surface area contributed by atoms with Gasteiger partial charge in [0, 0.05) is 31.3 Å². The highest BCUT2D eigenvalue weighted by atomic mass is 16.2. The maximum absolute atomic E-state index is 12.3. The predicted octanol–water partition coefficient (Wildman–Crippen LogP) is 1.13. The molecule has 0 spiro atoms. The van der Waals surface area contributed by atoms with E-state index in [9.17, 15) is 28.8 Å². The molecule has 0 bridgehead atoms. The molecule has 2 aromatic carbocycles. The molecule has 0 unspecified atom stereocenters. The number of benzene rings is 2. The summed E-state index contributed by atoms with van der Waals surface area (Å²) in [5.74, 6) is -2.44. The molecule has 0 saturated heterocycles. The van der Waals surface area contributed by atoms with Crippen molar-refractivity contribution in [2.75, 3.05) is 20.1 Å². The third-order valence-electron chi connectivity index (χ3n) is 5.77. The summed E-state index contributed by atoms with van der Waals surface area (Å²) in [5, 5.41) is 7.74. The van der Waals surface area contributed by atoms with Gasteiger partial charge in [0.05, 0.1) is 22.3 Å². The summed E-state index contributed by atoms with van der Waals surface area (Å²) >= 11 is 0. The third-order valence-corrected chi connectivity index (χ3v) is 5.77. The second-order valence-electron chi connectivity index (χ2n) is 8.05. The Morgan fingerprint density at radius 3 is 1.82 bits per heavy atom. The monoisotopic (exact) mass is 462 g/mol. The zero-order valence-electron chi connectivity index (χ0n) is 18.4. The van der Waals surface area contributed by atoms with Crippen LogP contribution in [-0.4, -0.2) is 60.5 Å². The summed E-state index contributed by atoms with van der Waals surface area (Å²) in [6.07, 6.45) is 2.13. The fourth-order valence-electron chi connectivity index (χ4n) is 3.85. The van der Waals surface area contributed by atoms with Crippen LogP contribution < -0.4 is 16.0 Å². The van der Waals surface area contributed by atoms with E-state index in [0.29, 0.717) is 42.6 Å². The van der Waals surface area contributed by atoms with E-state index in [1.807, 2.05) is 0 Å². The SMILES string of the molecule is CN1C(=O)c2ccc(C(=O)NCCCCCNC(=O)c3ccc4c(c3)C(=O)NC4=O)cc2C1=O. The van der Waals surface area contributed by atoms with Crippen LogP contribution in [0.3, 0.4) is 0 Å². The first-order valence-electron chi connectivity index (χ1n) is 10.8. The number of carbonyl (C=O) groups is 6. The predicted molar refractivity (Wildman–Crippen MR) is 120 cm³/mol. The van der Waals surface area contributed by atoms with Gasteiger partial charge in [-0.1, -0.05) is 0 Å². The first-order chi connectivity index (χ1) is 16.3. The van der Waals surface area contributed by atoms with Gasteiger partial charge in [-0.3, -0.25) is 39.0 Å². The summed E-state index contributed by atoms with van der Waals surface area (Å²) < 4.78 is 0. The van der Waals surface area contributed by atoms with E-state index < -0.39 is 17.7 Å². The molecular formula is C24H22N4O6. The molecule has 4 rings (SSSR count). The summed E-state index contributed by atoms with van der Waals surface area (Å²) in [7, 11) is 1.40. The van der Waals surface area contributed by atoms with E-state index in [2.05, 4.69) is 16.0 Å². The Labute approximate surface area is 194 Å². The number of nitrogens with one attached hydrogen (secondary N) is 3. The average Bonchev–Trinajstić information content (AvgIpc) is 3.24. The standard InChI is InChI=1S/C24H22N4O6/c1-28-23(33)16-8-6-14(12-18(16)24(28)34)20(30)26-10-4-2-3-9-25-19(29)13-5-7-15-17(11-13)22(32)27-21(15)31/h5-8,11-12H,2-4,9-10H2,1H3,(H,25,29)(H,26,30)(H,27,31,32). The molecule has 2 heterocycles. The molecule has 0 saturated carbocycles. The second-order valence-corrected chi connectivity index (χ2v) is 8.05. The van der Waals surface area contributed by atoms with Crippen molar-refractivity contribution in [3.8, 4) is 0 Å². The van der Waals surface area contributed by atoms with E-state index >= 15 is 0 Å². The summed E-state index contributed by atoms with van der Waals surface area (Å²) in [4.78, 5) is 72.9. The van der Waals surface area contributed by atoms with Crippen LogP contribution in [0.15, 0.2) is 36.4 Å². The van der Waals surface area contributed by atoms with Gasteiger partial charge in [-0.25, -0.2) is 0 Å². The minimum Gasteiger partial charge on any atom is -0.352 e. The highest BCUT2D eigenvalue weighted by Gasteiger charge is 2.33. The number of hydrogen-bond acceptors (Lipinski definition) is 6. The van der Waals surface area contributed by atoms with Crippen molar-refractivity contribution in [1.82, 2.24) is 20.9 Å². The van der Waals surface area contributed by atoms with Gasteiger partial charge in [-0.15, -0.1) is 0 Å². The van der Waals surface area contributed by atoms with Crippen LogP contribution in [-0.2, 0) is 0 Å². The summed E-state index contributed by atoms with van der Waals surface area (Å²) in [6.45, 7) is 0.841. The molecule has 0 fully saturated rings. The first-order valence-corrected chi connectivity index (χ1v) is 10.8. The van der Waals surface area contributed by atoms with Gasteiger partial charge in [-0.2, -0.15) is 0 Å². The molecule has 174 valence electrons. The van der Waals surface area contributed by atoms with E-state index in [1.54, 1.807) is 0 Å². The number of hydrogen-bond donors (Lipinski definition) is 3.